The van der Waals surface area contributed by atoms with Crippen LogP contribution in [0, 0.1) is 0 Å². The van der Waals surface area contributed by atoms with Crippen LogP contribution >= 0.6 is 11.6 Å². The quantitative estimate of drug-likeness (QED) is 0.526. The van der Waals surface area contributed by atoms with Crippen LogP contribution in [0.1, 0.15) is 24.8 Å². The molecule has 0 unspecified atom stereocenters. The number of aromatic nitrogens is 1. The molecule has 4 heteroatoms. The van der Waals surface area contributed by atoms with E-state index in [0.29, 0.717) is 5.88 Å². The summed E-state index contributed by atoms with van der Waals surface area (Å²) in [6.07, 6.45) is 3.24. The molecular weight excluding hydrogens is 190 g/mol. The maximum atomic E-state index is 5.66. The summed E-state index contributed by atoms with van der Waals surface area (Å²) in [5.74, 6) is 1.30. The van der Waals surface area contributed by atoms with E-state index < -0.39 is 0 Å². The summed E-state index contributed by atoms with van der Waals surface area (Å²) in [6, 6.07) is 0. The normalized spacial score (nSPS) is 10.6. The fraction of sp³-hybridized carbons (Fsp3) is 0.667. The van der Waals surface area contributed by atoms with Crippen LogP contribution in [0.3, 0.4) is 0 Å². The smallest absolute Gasteiger partial charge is 0.181 e. The first-order valence-corrected chi connectivity index (χ1v) is 4.96. The highest BCUT2D eigenvalue weighted by Gasteiger charge is 2.05. The number of nitrogens with zero attached hydrogens (tertiary/aromatic N) is 1. The zero-order valence-corrected chi connectivity index (χ0v) is 8.51. The molecule has 13 heavy (non-hydrogen) atoms. The predicted molar refractivity (Wildman–Crippen MR) is 50.9 cm³/mol. The van der Waals surface area contributed by atoms with Crippen molar-refractivity contribution < 1.29 is 9.15 Å². The third-order valence-electron chi connectivity index (χ3n) is 1.75. The Morgan fingerprint density at radius 3 is 3.15 bits per heavy atom. The van der Waals surface area contributed by atoms with Gasteiger partial charge in [0.15, 0.2) is 6.39 Å². The largest absolute Gasteiger partial charge is 0.448 e. The summed E-state index contributed by atoms with van der Waals surface area (Å²) in [7, 11) is 0. The average molecular weight is 204 g/mol. The van der Waals surface area contributed by atoms with Crippen LogP contribution in [0.2, 0.25) is 0 Å². The van der Waals surface area contributed by atoms with Gasteiger partial charge < -0.3 is 9.15 Å². The van der Waals surface area contributed by atoms with Gasteiger partial charge in [-0.3, -0.25) is 0 Å². The maximum Gasteiger partial charge on any atom is 0.181 e. The highest BCUT2D eigenvalue weighted by atomic mass is 35.5. The second-order valence-corrected chi connectivity index (χ2v) is 2.92. The highest BCUT2D eigenvalue weighted by Crippen LogP contribution is 2.11. The lowest BCUT2D eigenvalue weighted by Crippen LogP contribution is -1.96. The minimum absolute atomic E-state index is 0.417. The van der Waals surface area contributed by atoms with Gasteiger partial charge in [0, 0.05) is 19.6 Å². The molecule has 0 aliphatic heterocycles. The molecule has 0 saturated carbocycles. The molecule has 0 aliphatic carbocycles. The minimum atomic E-state index is 0.417. The summed E-state index contributed by atoms with van der Waals surface area (Å²) in [4.78, 5) is 3.99. The molecule has 1 aromatic heterocycles. The van der Waals surface area contributed by atoms with Crippen molar-refractivity contribution in [3.05, 3.63) is 17.8 Å². The Bertz CT molecular complexity index is 237. The van der Waals surface area contributed by atoms with Crippen LogP contribution in [-0.4, -0.2) is 18.2 Å². The van der Waals surface area contributed by atoms with Gasteiger partial charge in [-0.2, -0.15) is 0 Å². The van der Waals surface area contributed by atoms with Gasteiger partial charge in [0.05, 0.1) is 11.6 Å². The van der Waals surface area contributed by atoms with Crippen LogP contribution in [0.4, 0.5) is 0 Å². The van der Waals surface area contributed by atoms with Crippen molar-refractivity contribution in [2.45, 2.75) is 25.6 Å². The molecule has 0 aliphatic rings. The Morgan fingerprint density at radius 2 is 2.46 bits per heavy atom. The van der Waals surface area contributed by atoms with Gasteiger partial charge >= 0.3 is 0 Å². The first-order valence-electron chi connectivity index (χ1n) is 4.43. The molecule has 3 nitrogen and oxygen atoms in total. The molecule has 0 atom stereocenters. The molecule has 1 rings (SSSR count). The molecule has 1 heterocycles. The first kappa shape index (κ1) is 10.5. The van der Waals surface area contributed by atoms with E-state index in [-0.39, 0.29) is 0 Å². The Morgan fingerprint density at radius 1 is 1.62 bits per heavy atom. The van der Waals surface area contributed by atoms with Gasteiger partial charge in [-0.05, 0) is 13.3 Å². The number of halogens is 1. The van der Waals surface area contributed by atoms with Crippen LogP contribution in [0.15, 0.2) is 10.8 Å². The average Bonchev–Trinajstić information content (AvgIpc) is 2.60. The van der Waals surface area contributed by atoms with Crippen LogP contribution in [0.5, 0.6) is 0 Å². The van der Waals surface area contributed by atoms with E-state index in [0.717, 1.165) is 37.5 Å². The van der Waals surface area contributed by atoms with E-state index in [4.69, 9.17) is 20.8 Å². The number of alkyl halides is 1. The molecule has 0 saturated heterocycles. The van der Waals surface area contributed by atoms with Gasteiger partial charge in [-0.15, -0.1) is 11.6 Å². The fourth-order valence-electron chi connectivity index (χ4n) is 1.08. The third kappa shape index (κ3) is 3.36. The van der Waals surface area contributed by atoms with Crippen LogP contribution in [0.25, 0.3) is 0 Å². The number of hydrogen-bond donors (Lipinski definition) is 0. The van der Waals surface area contributed by atoms with Crippen molar-refractivity contribution in [2.75, 3.05) is 13.2 Å². The highest BCUT2D eigenvalue weighted by molar-refractivity contribution is 6.16. The first-order chi connectivity index (χ1) is 6.38. The van der Waals surface area contributed by atoms with E-state index in [1.54, 1.807) is 0 Å². The van der Waals surface area contributed by atoms with Gasteiger partial charge in [0.1, 0.15) is 5.76 Å². The molecule has 0 N–H and O–H groups in total. The number of aryl methyl sites for hydroxylation is 1. The standard InChI is InChI=1S/C9H14ClNO2/c1-2-12-5-3-4-9-8(6-10)11-7-13-9/h7H,2-6H2,1H3. The molecular formula is C9H14ClNO2. The number of ether oxygens (including phenoxy) is 1. The summed E-state index contributed by atoms with van der Waals surface area (Å²) in [5.41, 5.74) is 0.846. The zero-order chi connectivity index (χ0) is 9.52. The second kappa shape index (κ2) is 6.00. The van der Waals surface area contributed by atoms with E-state index in [9.17, 15) is 0 Å². The van der Waals surface area contributed by atoms with E-state index in [1.165, 1.54) is 6.39 Å². The van der Waals surface area contributed by atoms with E-state index in [1.807, 2.05) is 6.92 Å². The van der Waals surface area contributed by atoms with Gasteiger partial charge in [-0.25, -0.2) is 4.98 Å². The van der Waals surface area contributed by atoms with Crippen molar-refractivity contribution in [3.8, 4) is 0 Å². The Labute approximate surface area is 83.1 Å². The van der Waals surface area contributed by atoms with Crippen molar-refractivity contribution in [3.63, 3.8) is 0 Å². The van der Waals surface area contributed by atoms with Gasteiger partial charge in [0.25, 0.3) is 0 Å². The van der Waals surface area contributed by atoms with Crippen molar-refractivity contribution in [1.82, 2.24) is 4.98 Å². The fourth-order valence-corrected chi connectivity index (χ4v) is 1.30. The van der Waals surface area contributed by atoms with Gasteiger partial charge in [0.2, 0.25) is 0 Å². The predicted octanol–water partition coefficient (Wildman–Crippen LogP) is 2.38. The van der Waals surface area contributed by atoms with E-state index in [2.05, 4.69) is 4.98 Å². The molecule has 0 aromatic carbocycles. The maximum absolute atomic E-state index is 5.66. The lowest BCUT2D eigenvalue weighted by Gasteiger charge is -1.99. The number of rotatable bonds is 6. The lowest BCUT2D eigenvalue weighted by atomic mass is 10.2. The molecule has 1 aromatic rings. The lowest BCUT2D eigenvalue weighted by molar-refractivity contribution is 0.144. The minimum Gasteiger partial charge on any atom is -0.448 e. The zero-order valence-electron chi connectivity index (χ0n) is 7.75. The van der Waals surface area contributed by atoms with Crippen LogP contribution < -0.4 is 0 Å². The molecule has 74 valence electrons. The summed E-state index contributed by atoms with van der Waals surface area (Å²) >= 11 is 5.66. The molecule has 0 amide bonds. The van der Waals surface area contributed by atoms with Gasteiger partial charge in [-0.1, -0.05) is 0 Å². The molecule has 0 spiro atoms. The number of oxazole rings is 1. The summed E-state index contributed by atoms with van der Waals surface area (Å²) < 4.78 is 10.4. The topological polar surface area (TPSA) is 35.3 Å². The van der Waals surface area contributed by atoms with Crippen LogP contribution in [-0.2, 0) is 17.0 Å². The van der Waals surface area contributed by atoms with Crippen molar-refractivity contribution in [1.29, 1.82) is 0 Å². The van der Waals surface area contributed by atoms with E-state index >= 15 is 0 Å². The SMILES string of the molecule is CCOCCCc1ocnc1CCl. The molecule has 0 bridgehead atoms. The Balaban J connectivity index is 2.27. The number of hydrogen-bond acceptors (Lipinski definition) is 3. The molecule has 0 fully saturated rings. The summed E-state index contributed by atoms with van der Waals surface area (Å²) in [6.45, 7) is 3.51. The third-order valence-corrected chi connectivity index (χ3v) is 2.00. The van der Waals surface area contributed by atoms with Crippen molar-refractivity contribution in [2.24, 2.45) is 0 Å². The second-order valence-electron chi connectivity index (χ2n) is 2.66. The monoisotopic (exact) mass is 203 g/mol. The Hall–Kier alpha value is -0.540. The summed E-state index contributed by atoms with van der Waals surface area (Å²) in [5, 5.41) is 0. The van der Waals surface area contributed by atoms with Crippen molar-refractivity contribution >= 4 is 11.6 Å². The Kier molecular flexibility index (Phi) is 4.86. The molecule has 0 radical (unpaired) electrons.